The number of unbranched alkanes of at least 4 members (excludes halogenated alkanes) is 17. The molecule has 0 heterocycles. The molecule has 0 spiro atoms. The molecule has 1 unspecified atom stereocenters. The smallest absolute Gasteiger partial charge is 0.306 e. The Balaban J connectivity index is 4.52. The molecule has 0 radical (unpaired) electrons. The van der Waals surface area contributed by atoms with E-state index in [-0.39, 0.29) is 44.0 Å². The lowest BCUT2D eigenvalue weighted by atomic mass is 10.1. The zero-order chi connectivity index (χ0) is 43.7. The van der Waals surface area contributed by atoms with Crippen LogP contribution in [0.4, 0.5) is 0 Å². The first kappa shape index (κ1) is 56.3. The van der Waals surface area contributed by atoms with Gasteiger partial charge in [-0.15, -0.1) is 0 Å². The van der Waals surface area contributed by atoms with E-state index in [0.29, 0.717) is 12.8 Å². The molecule has 0 aliphatic carbocycles. The summed E-state index contributed by atoms with van der Waals surface area (Å²) in [6.07, 6.45) is 62.5. The molecule has 0 N–H and O–H groups in total. The number of carbonyl (C=O) groups excluding carboxylic acids is 3. The van der Waals surface area contributed by atoms with Crippen molar-refractivity contribution >= 4 is 17.9 Å². The van der Waals surface area contributed by atoms with E-state index >= 15 is 0 Å². The van der Waals surface area contributed by atoms with Crippen LogP contribution in [0, 0.1) is 0 Å². The first-order valence-electron chi connectivity index (χ1n) is 24.3. The van der Waals surface area contributed by atoms with Gasteiger partial charge in [-0.2, -0.15) is 0 Å². The number of hydrogen-bond acceptors (Lipinski definition) is 6. The van der Waals surface area contributed by atoms with Crippen LogP contribution in [0.2, 0.25) is 0 Å². The van der Waals surface area contributed by atoms with Gasteiger partial charge in [0.1, 0.15) is 13.2 Å². The fourth-order valence-corrected chi connectivity index (χ4v) is 6.19. The summed E-state index contributed by atoms with van der Waals surface area (Å²) in [5, 5.41) is 0. The molecule has 6 heteroatoms. The van der Waals surface area contributed by atoms with Gasteiger partial charge < -0.3 is 14.2 Å². The number of rotatable bonds is 42. The van der Waals surface area contributed by atoms with Crippen molar-refractivity contribution < 1.29 is 28.6 Å². The second-order valence-corrected chi connectivity index (χ2v) is 15.7. The molecular weight excluding hydrogens is 745 g/mol. The second-order valence-electron chi connectivity index (χ2n) is 15.7. The fourth-order valence-electron chi connectivity index (χ4n) is 6.19. The maximum atomic E-state index is 12.7. The molecule has 0 fully saturated rings. The minimum absolute atomic E-state index is 0.109. The SMILES string of the molecule is CC\C=C/C=C\C=C/CCCCCCCC(=O)OC(COC(=O)CCC/C=C\C/C=C\C/C=C\C/C=C\CCCCC)COC(=O)CCCCCCC/C=C\CCCCC. The maximum Gasteiger partial charge on any atom is 0.306 e. The summed E-state index contributed by atoms with van der Waals surface area (Å²) >= 11 is 0. The predicted molar refractivity (Wildman–Crippen MR) is 256 cm³/mol. The summed E-state index contributed by atoms with van der Waals surface area (Å²) in [5.41, 5.74) is 0. The molecule has 0 bridgehead atoms. The third-order valence-corrected chi connectivity index (χ3v) is 9.85. The van der Waals surface area contributed by atoms with E-state index in [1.165, 1.54) is 57.8 Å². The highest BCUT2D eigenvalue weighted by Crippen LogP contribution is 2.12. The van der Waals surface area contributed by atoms with Gasteiger partial charge in [-0.05, 0) is 103 Å². The monoisotopic (exact) mass is 833 g/mol. The summed E-state index contributed by atoms with van der Waals surface area (Å²) in [7, 11) is 0. The average molecular weight is 833 g/mol. The second kappa shape index (κ2) is 48.0. The van der Waals surface area contributed by atoms with Gasteiger partial charge in [0, 0.05) is 19.3 Å². The highest BCUT2D eigenvalue weighted by molar-refractivity contribution is 5.71. The molecule has 0 amide bonds. The van der Waals surface area contributed by atoms with Crippen molar-refractivity contribution in [1.82, 2.24) is 0 Å². The Morgan fingerprint density at radius 3 is 1.23 bits per heavy atom. The van der Waals surface area contributed by atoms with Crippen molar-refractivity contribution in [3.63, 3.8) is 0 Å². The van der Waals surface area contributed by atoms with Crippen LogP contribution in [0.3, 0.4) is 0 Å². The van der Waals surface area contributed by atoms with Gasteiger partial charge in [0.2, 0.25) is 0 Å². The van der Waals surface area contributed by atoms with Crippen LogP contribution in [0.5, 0.6) is 0 Å². The number of esters is 3. The maximum absolute atomic E-state index is 12.7. The van der Waals surface area contributed by atoms with Gasteiger partial charge in [-0.1, -0.05) is 182 Å². The average Bonchev–Trinajstić information content (AvgIpc) is 3.24. The Morgan fingerprint density at radius 1 is 0.367 bits per heavy atom. The van der Waals surface area contributed by atoms with Crippen molar-refractivity contribution in [1.29, 1.82) is 0 Å². The van der Waals surface area contributed by atoms with Gasteiger partial charge in [0.05, 0.1) is 0 Å². The first-order chi connectivity index (χ1) is 29.5. The summed E-state index contributed by atoms with van der Waals surface area (Å²) in [6, 6.07) is 0. The zero-order valence-electron chi connectivity index (χ0n) is 38.7. The van der Waals surface area contributed by atoms with Gasteiger partial charge in [0.25, 0.3) is 0 Å². The van der Waals surface area contributed by atoms with Crippen LogP contribution in [0.1, 0.15) is 207 Å². The third kappa shape index (κ3) is 45.4. The Morgan fingerprint density at radius 2 is 0.733 bits per heavy atom. The van der Waals surface area contributed by atoms with Gasteiger partial charge in [-0.25, -0.2) is 0 Å². The highest BCUT2D eigenvalue weighted by Gasteiger charge is 2.19. The van der Waals surface area contributed by atoms with E-state index in [1.54, 1.807) is 0 Å². The van der Waals surface area contributed by atoms with Crippen molar-refractivity contribution in [3.05, 3.63) is 97.2 Å². The van der Waals surface area contributed by atoms with Crippen molar-refractivity contribution in [3.8, 4) is 0 Å². The van der Waals surface area contributed by atoms with E-state index < -0.39 is 6.10 Å². The number of ether oxygens (including phenoxy) is 3. The quantitative estimate of drug-likeness (QED) is 0.0200. The molecule has 60 heavy (non-hydrogen) atoms. The topological polar surface area (TPSA) is 78.9 Å². The molecule has 340 valence electrons. The number of allylic oxidation sites excluding steroid dienone is 16. The lowest BCUT2D eigenvalue weighted by molar-refractivity contribution is -0.167. The minimum Gasteiger partial charge on any atom is -0.462 e. The Hall–Kier alpha value is -3.67. The molecule has 0 saturated carbocycles. The molecule has 0 aromatic rings. The molecule has 0 saturated heterocycles. The van der Waals surface area contributed by atoms with Crippen LogP contribution in [0.15, 0.2) is 97.2 Å². The Bertz CT molecular complexity index is 1230. The van der Waals surface area contributed by atoms with Gasteiger partial charge in [0.15, 0.2) is 6.10 Å². The lowest BCUT2D eigenvalue weighted by Crippen LogP contribution is -2.30. The molecule has 6 nitrogen and oxygen atoms in total. The summed E-state index contributed by atoms with van der Waals surface area (Å²) < 4.78 is 16.7. The van der Waals surface area contributed by atoms with E-state index in [2.05, 4.69) is 112 Å². The molecule has 0 aromatic carbocycles. The fraction of sp³-hybridized carbons (Fsp3) is 0.648. The molecular formula is C54H88O6. The Kier molecular flexibility index (Phi) is 45.1. The van der Waals surface area contributed by atoms with Crippen LogP contribution in [-0.2, 0) is 28.6 Å². The molecule has 0 rings (SSSR count). The number of hydrogen-bond donors (Lipinski definition) is 0. The lowest BCUT2D eigenvalue weighted by Gasteiger charge is -2.18. The standard InChI is InChI=1S/C54H88O6/c1-4-7-10-13-16-19-22-25-26-27-28-30-32-35-38-41-44-47-53(56)59-50-51(49-58-52(55)46-43-40-37-34-31-24-21-18-15-12-9-6-3)60-54(57)48-45-42-39-36-33-29-23-20-17-14-11-8-5-2/h8,11,14,16-21,23,25-26,28,30,35,38,51H,4-7,9-10,12-13,15,22,24,27,29,31-34,36-37,39-50H2,1-3H3/b11-8-,17-14-,19-16-,21-18-,23-20-,26-25-,30-28-,38-35-. The van der Waals surface area contributed by atoms with E-state index in [0.717, 1.165) is 103 Å². The highest BCUT2D eigenvalue weighted by atomic mass is 16.6. The van der Waals surface area contributed by atoms with Crippen LogP contribution < -0.4 is 0 Å². The minimum atomic E-state index is -0.813. The van der Waals surface area contributed by atoms with Crippen LogP contribution >= 0.6 is 0 Å². The normalized spacial score (nSPS) is 12.9. The molecule has 1 atom stereocenters. The van der Waals surface area contributed by atoms with Crippen LogP contribution in [0.25, 0.3) is 0 Å². The summed E-state index contributed by atoms with van der Waals surface area (Å²) in [6.45, 7) is 6.36. The van der Waals surface area contributed by atoms with E-state index in [9.17, 15) is 14.4 Å². The van der Waals surface area contributed by atoms with Crippen molar-refractivity contribution in [2.24, 2.45) is 0 Å². The molecule has 0 aromatic heterocycles. The predicted octanol–water partition coefficient (Wildman–Crippen LogP) is 15.8. The van der Waals surface area contributed by atoms with Crippen LogP contribution in [-0.4, -0.2) is 37.2 Å². The van der Waals surface area contributed by atoms with Gasteiger partial charge >= 0.3 is 17.9 Å². The summed E-state index contributed by atoms with van der Waals surface area (Å²) in [4.78, 5) is 37.8. The van der Waals surface area contributed by atoms with E-state index in [4.69, 9.17) is 14.2 Å². The third-order valence-electron chi connectivity index (χ3n) is 9.85. The Labute approximate surface area is 368 Å². The van der Waals surface area contributed by atoms with Crippen molar-refractivity contribution in [2.45, 2.75) is 213 Å². The molecule has 0 aliphatic rings. The summed E-state index contributed by atoms with van der Waals surface area (Å²) in [5.74, 6) is -1.00. The zero-order valence-corrected chi connectivity index (χ0v) is 38.7. The first-order valence-corrected chi connectivity index (χ1v) is 24.3. The van der Waals surface area contributed by atoms with E-state index in [1.807, 2.05) is 6.08 Å². The largest absolute Gasteiger partial charge is 0.462 e. The van der Waals surface area contributed by atoms with Gasteiger partial charge in [-0.3, -0.25) is 14.4 Å². The molecule has 0 aliphatic heterocycles. The number of carbonyl (C=O) groups is 3. The van der Waals surface area contributed by atoms with Crippen molar-refractivity contribution in [2.75, 3.05) is 13.2 Å².